The maximum Gasteiger partial charge on any atom is 0.269 e. The van der Waals surface area contributed by atoms with E-state index in [1.54, 1.807) is 20.8 Å². The van der Waals surface area contributed by atoms with Gasteiger partial charge in [0.15, 0.2) is 4.75 Å². The molecule has 0 spiro atoms. The highest BCUT2D eigenvalue weighted by Gasteiger charge is 2.58. The largest absolute Gasteiger partial charge is 0.472 e. The number of rotatable bonds is 7. The van der Waals surface area contributed by atoms with Gasteiger partial charge in [-0.15, -0.1) is 4.40 Å². The van der Waals surface area contributed by atoms with Gasteiger partial charge >= 0.3 is 0 Å². The van der Waals surface area contributed by atoms with E-state index in [2.05, 4.69) is 4.40 Å². The summed E-state index contributed by atoms with van der Waals surface area (Å²) in [5, 5.41) is 9.59. The minimum absolute atomic E-state index is 0.00697. The van der Waals surface area contributed by atoms with E-state index in [1.807, 2.05) is 84.9 Å². The van der Waals surface area contributed by atoms with Crippen molar-refractivity contribution in [3.8, 4) is 11.1 Å². The van der Waals surface area contributed by atoms with E-state index >= 15 is 0 Å². The number of sulfonamides is 1. The third kappa shape index (κ3) is 4.40. The second-order valence-electron chi connectivity index (χ2n) is 9.38. The van der Waals surface area contributed by atoms with Crippen molar-refractivity contribution >= 4 is 15.9 Å². The highest BCUT2D eigenvalue weighted by atomic mass is 32.2. The fraction of sp³-hybridized carbons (Fsp3) is 0.321. The van der Waals surface area contributed by atoms with Gasteiger partial charge in [-0.05, 0) is 61.4 Å². The van der Waals surface area contributed by atoms with Crippen LogP contribution in [0.5, 0.6) is 0 Å². The molecular weight excluding hydrogens is 446 g/mol. The second-order valence-corrected chi connectivity index (χ2v) is 11.3. The Morgan fingerprint density at radius 2 is 1.50 bits per heavy atom. The average Bonchev–Trinajstić information content (AvgIpc) is 2.83. The predicted octanol–water partition coefficient (Wildman–Crippen LogP) is 5.66. The van der Waals surface area contributed by atoms with Crippen LogP contribution in [0.2, 0.25) is 0 Å². The number of hydrogen-bond acceptors (Lipinski definition) is 4. The van der Waals surface area contributed by atoms with Crippen LogP contribution >= 0.6 is 0 Å². The maximum atomic E-state index is 13.7. The first kappa shape index (κ1) is 24.2. The lowest BCUT2D eigenvalue weighted by molar-refractivity contribution is 0.0424. The van der Waals surface area contributed by atoms with Crippen molar-refractivity contribution < 1.29 is 18.3 Å². The average molecular weight is 478 g/mol. The van der Waals surface area contributed by atoms with Gasteiger partial charge in [0.2, 0.25) is 5.90 Å². The number of aliphatic hydroxyl groups excluding tert-OH is 1. The quantitative estimate of drug-likeness (QED) is 0.476. The molecule has 0 fully saturated rings. The Morgan fingerprint density at radius 3 is 2.12 bits per heavy atom. The van der Waals surface area contributed by atoms with Crippen molar-refractivity contribution in [1.82, 2.24) is 0 Å². The molecule has 2 atom stereocenters. The Kier molecular flexibility index (Phi) is 6.65. The van der Waals surface area contributed by atoms with Gasteiger partial charge in [0, 0.05) is 13.0 Å². The normalized spacial score (nSPS) is 21.8. The van der Waals surface area contributed by atoms with Crippen LogP contribution in [-0.2, 0) is 19.5 Å². The number of aliphatic hydroxyl groups is 1. The van der Waals surface area contributed by atoms with Crippen molar-refractivity contribution in [2.24, 2.45) is 4.40 Å². The van der Waals surface area contributed by atoms with Gasteiger partial charge in [-0.2, -0.15) is 0 Å². The molecule has 0 saturated carbocycles. The van der Waals surface area contributed by atoms with Crippen molar-refractivity contribution in [3.05, 3.63) is 96.1 Å². The minimum Gasteiger partial charge on any atom is -0.472 e. The number of hydrogen-bond donors (Lipinski definition) is 1. The van der Waals surface area contributed by atoms with E-state index in [1.165, 1.54) is 0 Å². The molecule has 34 heavy (non-hydrogen) atoms. The lowest BCUT2D eigenvalue weighted by Gasteiger charge is -2.45. The van der Waals surface area contributed by atoms with Crippen molar-refractivity contribution in [3.63, 3.8) is 0 Å². The molecule has 0 saturated heterocycles. The van der Waals surface area contributed by atoms with Gasteiger partial charge in [-0.3, -0.25) is 0 Å². The molecule has 0 bridgehead atoms. The predicted molar refractivity (Wildman–Crippen MR) is 136 cm³/mol. The SMILES string of the molecule is CC1(C)OC(C[C@@H](CCO)c2ccccc2)=NS(=O)(=O)C1(C)c1cccc(-c2ccccc2)c1. The first-order valence-corrected chi connectivity index (χ1v) is 13.0. The highest BCUT2D eigenvalue weighted by Crippen LogP contribution is 2.47. The van der Waals surface area contributed by atoms with Crippen LogP contribution in [-0.4, -0.2) is 31.6 Å². The zero-order valence-electron chi connectivity index (χ0n) is 19.8. The summed E-state index contributed by atoms with van der Waals surface area (Å²) in [6.45, 7) is 5.29. The highest BCUT2D eigenvalue weighted by molar-refractivity contribution is 7.91. The molecule has 0 aliphatic carbocycles. The number of nitrogens with zero attached hydrogens (tertiary/aromatic N) is 1. The van der Waals surface area contributed by atoms with Gasteiger partial charge in [-0.1, -0.05) is 78.9 Å². The van der Waals surface area contributed by atoms with Gasteiger partial charge in [-0.25, -0.2) is 8.42 Å². The van der Waals surface area contributed by atoms with Crippen LogP contribution in [0.3, 0.4) is 0 Å². The molecule has 0 aromatic heterocycles. The summed E-state index contributed by atoms with van der Waals surface area (Å²) in [5.41, 5.74) is 2.53. The van der Waals surface area contributed by atoms with Crippen LogP contribution in [0.4, 0.5) is 0 Å². The van der Waals surface area contributed by atoms with Crippen molar-refractivity contribution in [1.29, 1.82) is 0 Å². The first-order valence-electron chi connectivity index (χ1n) is 11.5. The summed E-state index contributed by atoms with van der Waals surface area (Å²) >= 11 is 0. The van der Waals surface area contributed by atoms with Crippen LogP contribution in [0.1, 0.15) is 50.7 Å². The molecule has 178 valence electrons. The van der Waals surface area contributed by atoms with Crippen LogP contribution in [0, 0.1) is 0 Å². The van der Waals surface area contributed by atoms with E-state index in [9.17, 15) is 13.5 Å². The molecule has 1 aliphatic heterocycles. The molecular formula is C28H31NO4S. The van der Waals surface area contributed by atoms with Gasteiger partial charge in [0.25, 0.3) is 10.0 Å². The summed E-state index contributed by atoms with van der Waals surface area (Å²) in [7, 11) is -3.97. The zero-order chi connectivity index (χ0) is 24.4. The van der Waals surface area contributed by atoms with Gasteiger partial charge in [0.1, 0.15) is 5.60 Å². The Labute approximate surface area is 202 Å². The molecule has 0 amide bonds. The first-order chi connectivity index (χ1) is 16.2. The Morgan fingerprint density at radius 1 is 0.882 bits per heavy atom. The smallest absolute Gasteiger partial charge is 0.269 e. The molecule has 1 heterocycles. The maximum absolute atomic E-state index is 13.7. The number of benzene rings is 3. The van der Waals surface area contributed by atoms with E-state index in [4.69, 9.17) is 4.74 Å². The third-order valence-electron chi connectivity index (χ3n) is 6.95. The standard InChI is InChI=1S/C28H31NO4S/c1-27(2)28(3,25-16-10-15-23(19-25)21-11-6-4-7-12-21)34(31,32)29-26(33-27)20-24(17-18-30)22-13-8-5-9-14-22/h4-16,19,24,30H,17-18,20H2,1-3H3/t24-,28?/m1/s1. The van der Waals surface area contributed by atoms with Crippen LogP contribution in [0.15, 0.2) is 89.3 Å². The summed E-state index contributed by atoms with van der Waals surface area (Å²) in [4.78, 5) is 0. The third-order valence-corrected chi connectivity index (χ3v) is 9.15. The Balaban J connectivity index is 1.73. The van der Waals surface area contributed by atoms with E-state index in [0.29, 0.717) is 18.4 Å². The van der Waals surface area contributed by atoms with E-state index in [-0.39, 0.29) is 18.4 Å². The molecule has 6 heteroatoms. The Hall–Kier alpha value is -2.96. The lowest BCUT2D eigenvalue weighted by Crippen LogP contribution is -2.56. The molecule has 0 radical (unpaired) electrons. The molecule has 3 aromatic rings. The van der Waals surface area contributed by atoms with E-state index < -0.39 is 20.4 Å². The van der Waals surface area contributed by atoms with Crippen LogP contribution in [0.25, 0.3) is 11.1 Å². The minimum atomic E-state index is -3.97. The molecule has 1 unspecified atom stereocenters. The molecule has 3 aromatic carbocycles. The van der Waals surface area contributed by atoms with Crippen molar-refractivity contribution in [2.75, 3.05) is 6.61 Å². The second kappa shape index (κ2) is 9.35. The molecule has 1 aliphatic rings. The van der Waals surface area contributed by atoms with E-state index in [0.717, 1.165) is 16.7 Å². The van der Waals surface area contributed by atoms with Gasteiger partial charge in [0.05, 0.1) is 0 Å². The molecule has 5 nitrogen and oxygen atoms in total. The van der Waals surface area contributed by atoms with Crippen molar-refractivity contribution in [2.45, 2.75) is 49.9 Å². The Bertz CT molecular complexity index is 1270. The van der Waals surface area contributed by atoms with Crippen LogP contribution < -0.4 is 0 Å². The molecule has 1 N–H and O–H groups in total. The summed E-state index contributed by atoms with van der Waals surface area (Å²) < 4.78 is 36.6. The monoisotopic (exact) mass is 477 g/mol. The summed E-state index contributed by atoms with van der Waals surface area (Å²) in [6.07, 6.45) is 0.788. The number of ether oxygens (including phenoxy) is 1. The molecule has 4 rings (SSSR count). The van der Waals surface area contributed by atoms with Gasteiger partial charge < -0.3 is 9.84 Å². The topological polar surface area (TPSA) is 76.0 Å². The summed E-state index contributed by atoms with van der Waals surface area (Å²) in [5.74, 6) is 0.0886. The zero-order valence-corrected chi connectivity index (χ0v) is 20.6. The fourth-order valence-corrected chi connectivity index (χ4v) is 6.28. The summed E-state index contributed by atoms with van der Waals surface area (Å²) in [6, 6.07) is 27.2. The fourth-order valence-electron chi connectivity index (χ4n) is 4.63. The lowest BCUT2D eigenvalue weighted by atomic mass is 9.83.